The first-order valence-corrected chi connectivity index (χ1v) is 8.65. The van der Waals surface area contributed by atoms with E-state index in [0.29, 0.717) is 13.1 Å². The van der Waals surface area contributed by atoms with E-state index in [1.807, 2.05) is 54.8 Å². The van der Waals surface area contributed by atoms with Crippen LogP contribution in [0.25, 0.3) is 5.65 Å². The van der Waals surface area contributed by atoms with Crippen LogP contribution in [-0.4, -0.2) is 34.2 Å². The van der Waals surface area contributed by atoms with Gasteiger partial charge in [0.1, 0.15) is 5.75 Å². The molecule has 0 radical (unpaired) electrons. The van der Waals surface area contributed by atoms with Crippen LogP contribution in [-0.2, 0) is 13.1 Å². The van der Waals surface area contributed by atoms with Gasteiger partial charge in [-0.15, -0.1) is 34.2 Å². The molecule has 2 heterocycles. The van der Waals surface area contributed by atoms with E-state index >= 15 is 0 Å². The number of rotatable bonds is 6. The van der Waals surface area contributed by atoms with Gasteiger partial charge < -0.3 is 15.4 Å². The van der Waals surface area contributed by atoms with Crippen LogP contribution in [0.5, 0.6) is 5.75 Å². The number of aliphatic imine (C=N–C) groups is 1. The summed E-state index contributed by atoms with van der Waals surface area (Å²) < 4.78 is 7.34. The van der Waals surface area contributed by atoms with Gasteiger partial charge in [0, 0.05) is 12.7 Å². The van der Waals surface area contributed by atoms with Crippen LogP contribution in [0.4, 0.5) is 0 Å². The normalized spacial score (nSPS) is 11.1. The summed E-state index contributed by atoms with van der Waals surface area (Å²) in [5.74, 6) is 2.45. The Morgan fingerprint density at radius 3 is 2.81 bits per heavy atom. The molecule has 2 N–H and O–H groups in total. The standard InChI is InChI=1S/C19H24N6O.HI/c1-4-20-19(21-12-15-9-8-14(2)16(11-15)26-3)22-13-18-24-23-17-7-5-6-10-25(17)18;/h5-11H,4,12-13H2,1-3H3,(H2,20,21,22);1H. The minimum absolute atomic E-state index is 0. The van der Waals surface area contributed by atoms with Gasteiger partial charge in [-0.1, -0.05) is 18.2 Å². The van der Waals surface area contributed by atoms with Crippen LogP contribution in [0.3, 0.4) is 0 Å². The molecule has 0 aliphatic heterocycles. The molecular weight excluding hydrogens is 455 g/mol. The second-order valence-electron chi connectivity index (χ2n) is 5.90. The first-order valence-electron chi connectivity index (χ1n) is 8.65. The van der Waals surface area contributed by atoms with Crippen LogP contribution in [0, 0.1) is 6.92 Å². The van der Waals surface area contributed by atoms with Crippen LogP contribution < -0.4 is 15.4 Å². The summed E-state index contributed by atoms with van der Waals surface area (Å²) in [6.45, 7) is 5.95. The number of methoxy groups -OCH3 is 1. The van der Waals surface area contributed by atoms with E-state index in [9.17, 15) is 0 Å². The van der Waals surface area contributed by atoms with Crippen molar-refractivity contribution in [3.8, 4) is 5.75 Å². The predicted octanol–water partition coefficient (Wildman–Crippen LogP) is 2.92. The summed E-state index contributed by atoms with van der Waals surface area (Å²) >= 11 is 0. The van der Waals surface area contributed by atoms with Crippen molar-refractivity contribution in [2.75, 3.05) is 13.7 Å². The molecule has 2 aromatic heterocycles. The highest BCUT2D eigenvalue weighted by Crippen LogP contribution is 2.19. The fraction of sp³-hybridized carbons (Fsp3) is 0.316. The molecule has 0 saturated heterocycles. The average Bonchev–Trinajstić information content (AvgIpc) is 3.08. The highest BCUT2D eigenvalue weighted by molar-refractivity contribution is 14.0. The minimum atomic E-state index is 0. The number of guanidine groups is 1. The Hall–Kier alpha value is -2.36. The monoisotopic (exact) mass is 480 g/mol. The topological polar surface area (TPSA) is 75.8 Å². The quantitative estimate of drug-likeness (QED) is 0.323. The number of benzene rings is 1. The molecule has 0 spiro atoms. The maximum absolute atomic E-state index is 5.38. The van der Waals surface area contributed by atoms with Crippen molar-refractivity contribution in [2.24, 2.45) is 4.99 Å². The lowest BCUT2D eigenvalue weighted by atomic mass is 10.1. The van der Waals surface area contributed by atoms with E-state index < -0.39 is 0 Å². The van der Waals surface area contributed by atoms with Crippen LogP contribution in [0.1, 0.15) is 23.9 Å². The minimum Gasteiger partial charge on any atom is -0.496 e. The third-order valence-electron chi connectivity index (χ3n) is 4.03. The number of nitrogens with one attached hydrogen (secondary N) is 2. The molecule has 0 unspecified atom stereocenters. The number of ether oxygens (including phenoxy) is 1. The van der Waals surface area contributed by atoms with Crippen molar-refractivity contribution in [1.82, 2.24) is 25.2 Å². The summed E-state index contributed by atoms with van der Waals surface area (Å²) in [5, 5.41) is 15.0. The zero-order chi connectivity index (χ0) is 18.4. The summed E-state index contributed by atoms with van der Waals surface area (Å²) in [4.78, 5) is 4.65. The van der Waals surface area contributed by atoms with Crippen molar-refractivity contribution >= 4 is 35.6 Å². The maximum atomic E-state index is 5.38. The van der Waals surface area contributed by atoms with Gasteiger partial charge >= 0.3 is 0 Å². The zero-order valence-electron chi connectivity index (χ0n) is 15.8. The Bertz CT molecular complexity index is 908. The Balaban J connectivity index is 0.00000261. The molecule has 3 rings (SSSR count). The first kappa shape index (κ1) is 20.9. The molecule has 1 aromatic carbocycles. The number of pyridine rings is 1. The highest BCUT2D eigenvalue weighted by Gasteiger charge is 2.06. The van der Waals surface area contributed by atoms with Gasteiger partial charge in [-0.2, -0.15) is 0 Å². The lowest BCUT2D eigenvalue weighted by molar-refractivity contribution is 0.411. The summed E-state index contributed by atoms with van der Waals surface area (Å²) in [7, 11) is 1.68. The van der Waals surface area contributed by atoms with Gasteiger partial charge in [0.05, 0.1) is 20.2 Å². The Morgan fingerprint density at radius 1 is 1.19 bits per heavy atom. The number of halogens is 1. The smallest absolute Gasteiger partial charge is 0.191 e. The molecule has 0 aliphatic rings. The molecule has 27 heavy (non-hydrogen) atoms. The van der Waals surface area contributed by atoms with E-state index in [-0.39, 0.29) is 24.0 Å². The summed E-state index contributed by atoms with van der Waals surface area (Å²) in [6.07, 6.45) is 1.95. The largest absolute Gasteiger partial charge is 0.496 e. The predicted molar refractivity (Wildman–Crippen MR) is 118 cm³/mol. The van der Waals surface area contributed by atoms with Crippen molar-refractivity contribution < 1.29 is 4.74 Å². The summed E-state index contributed by atoms with van der Waals surface area (Å²) in [5.41, 5.74) is 3.04. The van der Waals surface area contributed by atoms with Gasteiger partial charge in [0.25, 0.3) is 0 Å². The fourth-order valence-corrected chi connectivity index (χ4v) is 2.65. The fourth-order valence-electron chi connectivity index (χ4n) is 2.65. The van der Waals surface area contributed by atoms with E-state index in [0.717, 1.165) is 40.9 Å². The van der Waals surface area contributed by atoms with E-state index in [1.165, 1.54) is 0 Å². The molecule has 144 valence electrons. The number of fused-ring (bicyclic) bond motifs is 1. The second kappa shape index (κ2) is 10.1. The van der Waals surface area contributed by atoms with E-state index in [4.69, 9.17) is 4.74 Å². The molecule has 0 bridgehead atoms. The molecule has 7 nitrogen and oxygen atoms in total. The first-order chi connectivity index (χ1) is 12.7. The van der Waals surface area contributed by atoms with Crippen LogP contribution in [0.2, 0.25) is 0 Å². The number of hydrogen-bond acceptors (Lipinski definition) is 4. The van der Waals surface area contributed by atoms with Crippen LogP contribution >= 0.6 is 24.0 Å². The Kier molecular flexibility index (Phi) is 7.83. The highest BCUT2D eigenvalue weighted by atomic mass is 127. The van der Waals surface area contributed by atoms with Crippen LogP contribution in [0.15, 0.2) is 47.6 Å². The number of aromatic nitrogens is 3. The Labute approximate surface area is 176 Å². The van der Waals surface area contributed by atoms with E-state index in [2.05, 4.69) is 31.9 Å². The van der Waals surface area contributed by atoms with Gasteiger partial charge in [0.2, 0.25) is 0 Å². The Morgan fingerprint density at radius 2 is 2.04 bits per heavy atom. The zero-order valence-corrected chi connectivity index (χ0v) is 18.1. The molecule has 0 aliphatic carbocycles. The molecule has 0 atom stereocenters. The average molecular weight is 480 g/mol. The lowest BCUT2D eigenvalue weighted by Crippen LogP contribution is -2.37. The van der Waals surface area contributed by atoms with Crippen molar-refractivity contribution in [3.63, 3.8) is 0 Å². The van der Waals surface area contributed by atoms with Crippen molar-refractivity contribution in [3.05, 3.63) is 59.5 Å². The summed E-state index contributed by atoms with van der Waals surface area (Å²) in [6, 6.07) is 12.0. The second-order valence-corrected chi connectivity index (χ2v) is 5.90. The third kappa shape index (κ3) is 5.31. The van der Waals surface area contributed by atoms with Crippen molar-refractivity contribution in [1.29, 1.82) is 0 Å². The number of hydrogen-bond donors (Lipinski definition) is 2. The molecule has 0 saturated carbocycles. The van der Waals surface area contributed by atoms with Gasteiger partial charge in [0.15, 0.2) is 17.4 Å². The van der Waals surface area contributed by atoms with Gasteiger partial charge in [-0.25, -0.2) is 4.99 Å². The molecule has 3 aromatic rings. The maximum Gasteiger partial charge on any atom is 0.191 e. The van der Waals surface area contributed by atoms with E-state index in [1.54, 1.807) is 7.11 Å². The molecular formula is C19H25IN6O. The van der Waals surface area contributed by atoms with Gasteiger partial charge in [-0.05, 0) is 43.2 Å². The van der Waals surface area contributed by atoms with Crippen molar-refractivity contribution in [2.45, 2.75) is 26.9 Å². The molecule has 0 amide bonds. The number of nitrogens with zero attached hydrogens (tertiary/aromatic N) is 4. The van der Waals surface area contributed by atoms with Gasteiger partial charge in [-0.3, -0.25) is 4.40 Å². The SMILES string of the molecule is CCNC(=NCc1ccc(C)c(OC)c1)NCc1nnc2ccccn12.I. The molecule has 0 fully saturated rings. The number of aryl methyl sites for hydroxylation is 1. The lowest BCUT2D eigenvalue weighted by Gasteiger charge is -2.11. The molecule has 8 heteroatoms. The third-order valence-corrected chi connectivity index (χ3v) is 4.03.